The van der Waals surface area contributed by atoms with E-state index in [9.17, 15) is 36.3 Å². The topological polar surface area (TPSA) is 142 Å². The second-order valence-corrected chi connectivity index (χ2v) is 9.17. The standard InChI is InChI=1S/C27H24F5N7O5/c28-19(8-10-38-11-9-23(34-25(38)41)35-26(42)43-16-18-5-1-2-7-21(18)29)14-39-15-22(36-37-39)24(40)33-13-17-4-3-6-20(12-17)44-27(30,31)32/h1-7,9,11-12,15,19H,8,10,13-14,16H2,(H,33,40)(H,34,35,41,42). The van der Waals surface area contributed by atoms with Crippen molar-refractivity contribution in [3.63, 3.8) is 0 Å². The Bertz CT molecular complexity index is 1660. The Labute approximate surface area is 245 Å². The molecule has 0 bridgehead atoms. The van der Waals surface area contributed by atoms with Gasteiger partial charge in [-0.2, -0.15) is 4.98 Å². The zero-order valence-corrected chi connectivity index (χ0v) is 22.6. The lowest BCUT2D eigenvalue weighted by Crippen LogP contribution is -2.26. The summed E-state index contributed by atoms with van der Waals surface area (Å²) >= 11 is 0. The minimum atomic E-state index is -4.85. The van der Waals surface area contributed by atoms with Gasteiger partial charge in [0.15, 0.2) is 5.69 Å². The van der Waals surface area contributed by atoms with Crippen LogP contribution in [0.25, 0.3) is 0 Å². The first-order chi connectivity index (χ1) is 20.9. The summed E-state index contributed by atoms with van der Waals surface area (Å²) in [5.41, 5.74) is -0.403. The molecule has 2 heterocycles. The molecule has 2 amide bonds. The van der Waals surface area contributed by atoms with Crippen LogP contribution in [0.3, 0.4) is 0 Å². The highest BCUT2D eigenvalue weighted by molar-refractivity contribution is 5.91. The number of carbonyl (C=O) groups excluding carboxylic acids is 2. The molecule has 2 aromatic heterocycles. The number of nitrogens with zero attached hydrogens (tertiary/aromatic N) is 5. The fraction of sp³-hybridized carbons (Fsp3) is 0.259. The van der Waals surface area contributed by atoms with Crippen molar-refractivity contribution < 1.29 is 41.0 Å². The molecule has 1 unspecified atom stereocenters. The average Bonchev–Trinajstić information content (AvgIpc) is 3.43. The van der Waals surface area contributed by atoms with Gasteiger partial charge in [0, 0.05) is 24.8 Å². The van der Waals surface area contributed by atoms with Gasteiger partial charge in [0.2, 0.25) is 0 Å². The van der Waals surface area contributed by atoms with Crippen LogP contribution in [0.2, 0.25) is 0 Å². The molecular weight excluding hydrogens is 597 g/mol. The molecule has 4 aromatic rings. The van der Waals surface area contributed by atoms with Crippen molar-refractivity contribution in [3.8, 4) is 5.75 Å². The molecule has 0 aliphatic carbocycles. The second kappa shape index (κ2) is 14.2. The van der Waals surface area contributed by atoms with Crippen LogP contribution in [0.5, 0.6) is 5.75 Å². The monoisotopic (exact) mass is 621 g/mol. The number of aromatic nitrogens is 5. The van der Waals surface area contributed by atoms with Crippen molar-refractivity contribution in [2.45, 2.75) is 45.2 Å². The summed E-state index contributed by atoms with van der Waals surface area (Å²) in [5, 5.41) is 12.1. The molecule has 0 aliphatic rings. The predicted octanol–water partition coefficient (Wildman–Crippen LogP) is 3.98. The van der Waals surface area contributed by atoms with Gasteiger partial charge in [-0.15, -0.1) is 18.3 Å². The number of alkyl halides is 4. The van der Waals surface area contributed by atoms with E-state index in [-0.39, 0.29) is 49.7 Å². The van der Waals surface area contributed by atoms with Crippen molar-refractivity contribution in [1.82, 2.24) is 29.9 Å². The lowest BCUT2D eigenvalue weighted by molar-refractivity contribution is -0.274. The third-order valence-corrected chi connectivity index (χ3v) is 5.85. The van der Waals surface area contributed by atoms with Crippen LogP contribution in [-0.4, -0.2) is 49.1 Å². The first-order valence-corrected chi connectivity index (χ1v) is 12.9. The molecule has 0 saturated carbocycles. The lowest BCUT2D eigenvalue weighted by atomic mass is 10.2. The molecule has 4 rings (SSSR count). The molecule has 12 nitrogen and oxygen atoms in total. The Morgan fingerprint density at radius 1 is 1.07 bits per heavy atom. The molecule has 0 fully saturated rings. The fourth-order valence-electron chi connectivity index (χ4n) is 3.76. The SMILES string of the molecule is O=C(Nc1ccn(CCC(F)Cn2cc(C(=O)NCc3cccc(OC(F)(F)F)c3)nn2)c(=O)n1)OCc1ccccc1F. The van der Waals surface area contributed by atoms with E-state index >= 15 is 0 Å². The maximum atomic E-state index is 14.6. The van der Waals surface area contributed by atoms with E-state index < -0.39 is 41.8 Å². The lowest BCUT2D eigenvalue weighted by Gasteiger charge is -2.10. The fourth-order valence-corrected chi connectivity index (χ4v) is 3.76. The number of ether oxygens (including phenoxy) is 2. The summed E-state index contributed by atoms with van der Waals surface area (Å²) in [6.45, 7) is -0.806. The number of rotatable bonds is 12. The van der Waals surface area contributed by atoms with Gasteiger partial charge in [0.25, 0.3) is 5.91 Å². The van der Waals surface area contributed by atoms with Gasteiger partial charge >= 0.3 is 18.1 Å². The minimum absolute atomic E-state index is 0.0653. The molecule has 17 heteroatoms. The van der Waals surface area contributed by atoms with Gasteiger partial charge in [-0.25, -0.2) is 23.1 Å². The number of nitrogens with one attached hydrogen (secondary N) is 2. The largest absolute Gasteiger partial charge is 0.573 e. The first kappa shape index (κ1) is 31.6. The zero-order valence-electron chi connectivity index (χ0n) is 22.6. The average molecular weight is 622 g/mol. The summed E-state index contributed by atoms with van der Waals surface area (Å²) in [6.07, 6.45) is -4.93. The minimum Gasteiger partial charge on any atom is -0.444 e. The number of anilines is 1. The van der Waals surface area contributed by atoms with E-state index in [1.807, 2.05) is 0 Å². The molecule has 0 saturated heterocycles. The number of hydrogen-bond acceptors (Lipinski definition) is 8. The summed E-state index contributed by atoms with van der Waals surface area (Å²) < 4.78 is 76.4. The van der Waals surface area contributed by atoms with E-state index in [4.69, 9.17) is 4.74 Å². The number of benzene rings is 2. The van der Waals surface area contributed by atoms with E-state index in [0.29, 0.717) is 5.56 Å². The number of halogens is 5. The molecule has 232 valence electrons. The van der Waals surface area contributed by atoms with Crippen molar-refractivity contribution >= 4 is 17.8 Å². The molecule has 2 N–H and O–H groups in total. The Balaban J connectivity index is 1.21. The highest BCUT2D eigenvalue weighted by atomic mass is 19.4. The van der Waals surface area contributed by atoms with Crippen LogP contribution in [-0.2, 0) is 31.0 Å². The highest BCUT2D eigenvalue weighted by Gasteiger charge is 2.31. The summed E-state index contributed by atoms with van der Waals surface area (Å²) in [4.78, 5) is 40.3. The van der Waals surface area contributed by atoms with Crippen molar-refractivity contribution in [2.24, 2.45) is 0 Å². The maximum absolute atomic E-state index is 14.6. The van der Waals surface area contributed by atoms with Gasteiger partial charge in [0.05, 0.1) is 12.7 Å². The Hall–Kier alpha value is -5.35. The van der Waals surface area contributed by atoms with E-state index in [1.165, 1.54) is 48.8 Å². The molecule has 2 aromatic carbocycles. The van der Waals surface area contributed by atoms with E-state index in [1.54, 1.807) is 6.07 Å². The van der Waals surface area contributed by atoms with Crippen molar-refractivity contribution in [1.29, 1.82) is 0 Å². The second-order valence-electron chi connectivity index (χ2n) is 9.17. The van der Waals surface area contributed by atoms with Crippen LogP contribution in [0.4, 0.5) is 32.6 Å². The third kappa shape index (κ3) is 9.60. The quantitative estimate of drug-likeness (QED) is 0.226. The highest BCUT2D eigenvalue weighted by Crippen LogP contribution is 2.23. The van der Waals surface area contributed by atoms with E-state index in [2.05, 4.69) is 30.7 Å². The Kier molecular flexibility index (Phi) is 10.2. The normalized spacial score (nSPS) is 11.9. The Morgan fingerprint density at radius 3 is 2.61 bits per heavy atom. The van der Waals surface area contributed by atoms with Crippen LogP contribution in [0.15, 0.2) is 71.8 Å². The molecule has 1 atom stereocenters. The zero-order chi connectivity index (χ0) is 31.7. The maximum Gasteiger partial charge on any atom is 0.573 e. The van der Waals surface area contributed by atoms with Crippen molar-refractivity contribution in [2.75, 3.05) is 5.32 Å². The van der Waals surface area contributed by atoms with Gasteiger partial charge in [-0.3, -0.25) is 14.7 Å². The number of aryl methyl sites for hydroxylation is 1. The predicted molar refractivity (Wildman–Crippen MR) is 143 cm³/mol. The van der Waals surface area contributed by atoms with Crippen LogP contribution in [0.1, 0.15) is 28.0 Å². The van der Waals surface area contributed by atoms with Gasteiger partial charge in [0.1, 0.15) is 30.2 Å². The summed E-state index contributed by atoms with van der Waals surface area (Å²) in [6, 6.07) is 12.1. The molecule has 0 spiro atoms. The molecular formula is C27H24F5N7O5. The first-order valence-electron chi connectivity index (χ1n) is 12.9. The van der Waals surface area contributed by atoms with Gasteiger partial charge in [-0.05, 0) is 36.2 Å². The molecule has 44 heavy (non-hydrogen) atoms. The van der Waals surface area contributed by atoms with Crippen LogP contribution in [0, 0.1) is 5.82 Å². The van der Waals surface area contributed by atoms with Gasteiger partial charge in [-0.1, -0.05) is 35.5 Å². The smallest absolute Gasteiger partial charge is 0.444 e. The summed E-state index contributed by atoms with van der Waals surface area (Å²) in [5.74, 6) is -1.77. The third-order valence-electron chi connectivity index (χ3n) is 5.85. The van der Waals surface area contributed by atoms with Gasteiger partial charge < -0.3 is 14.8 Å². The molecule has 0 aliphatic heterocycles. The van der Waals surface area contributed by atoms with Crippen molar-refractivity contribution in [3.05, 3.63) is 100 Å². The van der Waals surface area contributed by atoms with E-state index in [0.717, 1.165) is 21.4 Å². The Morgan fingerprint density at radius 2 is 1.86 bits per heavy atom. The number of carbonyl (C=O) groups is 2. The van der Waals surface area contributed by atoms with Crippen LogP contribution >= 0.6 is 0 Å². The number of amides is 2. The summed E-state index contributed by atoms with van der Waals surface area (Å²) in [7, 11) is 0. The number of hydrogen-bond donors (Lipinski definition) is 2. The molecule has 0 radical (unpaired) electrons. The van der Waals surface area contributed by atoms with Crippen LogP contribution < -0.4 is 21.1 Å².